The van der Waals surface area contributed by atoms with E-state index in [1.165, 1.54) is 30.8 Å². The zero-order chi connectivity index (χ0) is 14.1. The molecular formula is C15H26N4+2. The molecule has 0 amide bonds. The lowest BCUT2D eigenvalue weighted by Gasteiger charge is -2.35. The van der Waals surface area contributed by atoms with E-state index in [4.69, 9.17) is 5.39 Å². The lowest BCUT2D eigenvalue weighted by molar-refractivity contribution is -0.936. The highest BCUT2D eigenvalue weighted by atomic mass is 15.3. The summed E-state index contributed by atoms with van der Waals surface area (Å²) in [6.07, 6.45) is 0.875. The van der Waals surface area contributed by atoms with Crippen molar-refractivity contribution >= 4 is 0 Å². The van der Waals surface area contributed by atoms with E-state index in [-0.39, 0.29) is 0 Å². The highest BCUT2D eigenvalue weighted by Crippen LogP contribution is 2.15. The number of rotatable bonds is 8. The number of diazo groups is 1. The molecule has 1 aromatic rings. The van der Waals surface area contributed by atoms with Crippen LogP contribution >= 0.6 is 0 Å². The third kappa shape index (κ3) is 4.53. The first kappa shape index (κ1) is 15.5. The SMILES string of the molecule is CC[N+](CC)(CC)Cc1ccc(CCN[N+]#N)cc1. The molecule has 4 heteroatoms. The van der Waals surface area contributed by atoms with Crippen molar-refractivity contribution in [2.24, 2.45) is 0 Å². The molecule has 0 bridgehead atoms. The van der Waals surface area contributed by atoms with Gasteiger partial charge < -0.3 is 4.48 Å². The Morgan fingerprint density at radius 1 is 1.00 bits per heavy atom. The van der Waals surface area contributed by atoms with Gasteiger partial charge in [0.1, 0.15) is 6.54 Å². The third-order valence-electron chi connectivity index (χ3n) is 4.15. The van der Waals surface area contributed by atoms with Gasteiger partial charge in [0.25, 0.3) is 5.39 Å². The lowest BCUT2D eigenvalue weighted by atomic mass is 10.1. The van der Waals surface area contributed by atoms with Crippen LogP contribution in [-0.4, -0.2) is 30.7 Å². The fraction of sp³-hybridized carbons (Fsp3) is 0.600. The molecule has 0 radical (unpaired) electrons. The summed E-state index contributed by atoms with van der Waals surface area (Å²) in [4.78, 5) is 0. The highest BCUT2D eigenvalue weighted by molar-refractivity contribution is 5.22. The zero-order valence-electron chi connectivity index (χ0n) is 12.4. The van der Waals surface area contributed by atoms with Gasteiger partial charge in [-0.25, -0.2) is 0 Å². The molecule has 0 aliphatic carbocycles. The van der Waals surface area contributed by atoms with Crippen molar-refractivity contribution < 1.29 is 4.48 Å². The maximum atomic E-state index is 8.31. The van der Waals surface area contributed by atoms with Crippen molar-refractivity contribution in [1.82, 2.24) is 5.43 Å². The predicted octanol–water partition coefficient (Wildman–Crippen LogP) is 2.96. The van der Waals surface area contributed by atoms with Crippen molar-refractivity contribution in [1.29, 1.82) is 5.39 Å². The Kier molecular flexibility index (Phi) is 6.31. The minimum Gasteiger partial charge on any atom is -0.321 e. The second kappa shape index (κ2) is 7.75. The normalized spacial score (nSPS) is 11.1. The van der Waals surface area contributed by atoms with Crippen LogP contribution in [0.5, 0.6) is 0 Å². The molecule has 104 valence electrons. The molecule has 19 heavy (non-hydrogen) atoms. The van der Waals surface area contributed by atoms with E-state index in [0.29, 0.717) is 6.54 Å². The number of benzene rings is 1. The molecule has 0 saturated heterocycles. The molecule has 0 heterocycles. The summed E-state index contributed by atoms with van der Waals surface area (Å²) in [6.45, 7) is 12.1. The molecule has 0 aliphatic rings. The minimum atomic E-state index is 0.661. The Bertz CT molecular complexity index is 393. The summed E-state index contributed by atoms with van der Waals surface area (Å²) in [6, 6.07) is 8.78. The summed E-state index contributed by atoms with van der Waals surface area (Å²) in [5, 5.41) is 11.2. The van der Waals surface area contributed by atoms with Crippen LogP contribution in [0.15, 0.2) is 24.3 Å². The first-order valence-electron chi connectivity index (χ1n) is 7.19. The minimum absolute atomic E-state index is 0.661. The Morgan fingerprint density at radius 2 is 1.53 bits per heavy atom. The molecule has 0 fully saturated rings. The Balaban J connectivity index is 2.63. The standard InChI is InChI=1S/C15H26N4/c1-4-19(5-2,6-3)13-15-9-7-14(8-10-15)11-12-17-18-16/h7-10,17H,4-6,11-13H2,1-3H3/q+2. The fourth-order valence-corrected chi connectivity index (χ4v) is 2.46. The summed E-state index contributed by atoms with van der Waals surface area (Å²) >= 11 is 0. The number of nitrogens with zero attached hydrogens (tertiary/aromatic N) is 3. The van der Waals surface area contributed by atoms with Crippen LogP contribution in [0.4, 0.5) is 0 Å². The lowest BCUT2D eigenvalue weighted by Crippen LogP contribution is -2.46. The topological polar surface area (TPSA) is 40.2 Å². The van der Waals surface area contributed by atoms with Crippen LogP contribution in [0, 0.1) is 5.39 Å². The number of quaternary nitrogens is 1. The number of nitrogens with one attached hydrogen (secondary N) is 1. The van der Waals surface area contributed by atoms with Crippen LogP contribution in [0.1, 0.15) is 31.9 Å². The second-order valence-corrected chi connectivity index (χ2v) is 5.02. The van der Waals surface area contributed by atoms with E-state index in [0.717, 1.165) is 17.4 Å². The Morgan fingerprint density at radius 3 is 2.00 bits per heavy atom. The van der Waals surface area contributed by atoms with Crippen molar-refractivity contribution in [3.63, 3.8) is 0 Å². The van der Waals surface area contributed by atoms with Crippen LogP contribution in [0.3, 0.4) is 0 Å². The van der Waals surface area contributed by atoms with Gasteiger partial charge in [-0.1, -0.05) is 24.3 Å². The molecule has 0 spiro atoms. The molecule has 1 N–H and O–H groups in total. The second-order valence-electron chi connectivity index (χ2n) is 5.02. The summed E-state index contributed by atoms with van der Waals surface area (Å²) in [5.41, 5.74) is 5.22. The van der Waals surface area contributed by atoms with Crippen molar-refractivity contribution in [2.45, 2.75) is 33.7 Å². The molecule has 0 atom stereocenters. The fourth-order valence-electron chi connectivity index (χ4n) is 2.46. The molecule has 4 nitrogen and oxygen atoms in total. The summed E-state index contributed by atoms with van der Waals surface area (Å²) in [5.74, 6) is 0. The third-order valence-corrected chi connectivity index (χ3v) is 4.15. The van der Waals surface area contributed by atoms with Gasteiger partial charge in [0, 0.05) is 5.56 Å². The maximum Gasteiger partial charge on any atom is 0.302 e. The van der Waals surface area contributed by atoms with Gasteiger partial charge in [-0.05, 0) is 38.2 Å². The van der Waals surface area contributed by atoms with E-state index >= 15 is 0 Å². The average Bonchev–Trinajstić information content (AvgIpc) is 2.47. The Hall–Kier alpha value is -1.60. The van der Waals surface area contributed by atoms with Gasteiger partial charge in [0.05, 0.1) is 26.2 Å². The van der Waals surface area contributed by atoms with Crippen molar-refractivity contribution in [3.05, 3.63) is 40.5 Å². The predicted molar refractivity (Wildman–Crippen MR) is 78.8 cm³/mol. The van der Waals surface area contributed by atoms with Crippen molar-refractivity contribution in [3.8, 4) is 0 Å². The van der Waals surface area contributed by atoms with E-state index in [9.17, 15) is 0 Å². The van der Waals surface area contributed by atoms with Crippen LogP contribution in [0.25, 0.3) is 5.08 Å². The smallest absolute Gasteiger partial charge is 0.302 e. The highest BCUT2D eigenvalue weighted by Gasteiger charge is 2.20. The zero-order valence-corrected chi connectivity index (χ0v) is 12.4. The first-order valence-corrected chi connectivity index (χ1v) is 7.19. The molecule has 1 aromatic carbocycles. The van der Waals surface area contributed by atoms with E-state index < -0.39 is 0 Å². The monoisotopic (exact) mass is 262 g/mol. The number of hydrogen-bond acceptors (Lipinski definition) is 2. The number of hydrogen-bond donors (Lipinski definition) is 1. The molecular weight excluding hydrogens is 236 g/mol. The summed E-state index contributed by atoms with van der Waals surface area (Å²) < 4.78 is 1.14. The van der Waals surface area contributed by atoms with Gasteiger partial charge in [0.15, 0.2) is 0 Å². The molecule has 1 rings (SSSR count). The summed E-state index contributed by atoms with van der Waals surface area (Å²) in [7, 11) is 0. The molecule has 0 aliphatic heterocycles. The van der Waals surface area contributed by atoms with Crippen molar-refractivity contribution in [2.75, 3.05) is 26.2 Å². The van der Waals surface area contributed by atoms with Gasteiger partial charge in [-0.15, -0.1) is 0 Å². The van der Waals surface area contributed by atoms with Gasteiger partial charge in [0.2, 0.25) is 0 Å². The molecule has 0 unspecified atom stereocenters. The van der Waals surface area contributed by atoms with E-state index in [2.05, 4.69) is 55.5 Å². The quantitative estimate of drug-likeness (QED) is 0.339. The largest absolute Gasteiger partial charge is 0.321 e. The van der Waals surface area contributed by atoms with Gasteiger partial charge in [-0.3, -0.25) is 0 Å². The van der Waals surface area contributed by atoms with Crippen LogP contribution in [-0.2, 0) is 13.0 Å². The van der Waals surface area contributed by atoms with Gasteiger partial charge >= 0.3 is 5.08 Å². The first-order chi connectivity index (χ1) is 9.19. The van der Waals surface area contributed by atoms with E-state index in [1.54, 1.807) is 0 Å². The van der Waals surface area contributed by atoms with Crippen LogP contribution in [0.2, 0.25) is 0 Å². The average molecular weight is 262 g/mol. The molecule has 0 saturated carbocycles. The van der Waals surface area contributed by atoms with Crippen LogP contribution < -0.4 is 5.43 Å². The molecule has 0 aromatic heterocycles. The maximum absolute atomic E-state index is 8.31. The Labute approximate surface area is 116 Å². The van der Waals surface area contributed by atoms with Gasteiger partial charge in [-0.2, -0.15) is 0 Å². The van der Waals surface area contributed by atoms with E-state index in [1.807, 2.05) is 0 Å².